The molecule has 0 aromatic heterocycles. The van der Waals surface area contributed by atoms with Gasteiger partial charge in [-0.15, -0.1) is 12.4 Å². The number of halogens is 1. The molecule has 5 heteroatoms. The minimum atomic E-state index is 0. The molecule has 1 atom stereocenters. The first-order chi connectivity index (χ1) is 9.60. The van der Waals surface area contributed by atoms with E-state index >= 15 is 0 Å². The molecule has 0 bridgehead atoms. The zero-order valence-corrected chi connectivity index (χ0v) is 13.8. The van der Waals surface area contributed by atoms with Gasteiger partial charge in [0, 0.05) is 13.1 Å². The second-order valence-electron chi connectivity index (χ2n) is 5.61. The van der Waals surface area contributed by atoms with E-state index in [0.29, 0.717) is 5.92 Å². The van der Waals surface area contributed by atoms with E-state index in [4.69, 9.17) is 4.74 Å². The summed E-state index contributed by atoms with van der Waals surface area (Å²) < 4.78 is 5.65. The Morgan fingerprint density at radius 1 is 1.43 bits per heavy atom. The van der Waals surface area contributed by atoms with Gasteiger partial charge < -0.3 is 15.0 Å². The van der Waals surface area contributed by atoms with Crippen LogP contribution in [0.3, 0.4) is 0 Å². The number of carbonyl (C=O) groups excluding carboxylic acids is 1. The van der Waals surface area contributed by atoms with E-state index in [1.807, 2.05) is 37.9 Å². The van der Waals surface area contributed by atoms with Gasteiger partial charge in [-0.25, -0.2) is 0 Å². The summed E-state index contributed by atoms with van der Waals surface area (Å²) in [5.74, 6) is 1.46. The van der Waals surface area contributed by atoms with E-state index < -0.39 is 0 Å². The van der Waals surface area contributed by atoms with Crippen molar-refractivity contribution in [2.24, 2.45) is 5.92 Å². The number of nitrogens with one attached hydrogen (secondary N) is 1. The molecule has 1 aromatic rings. The highest BCUT2D eigenvalue weighted by Crippen LogP contribution is 2.20. The summed E-state index contributed by atoms with van der Waals surface area (Å²) in [6.07, 6.45) is 1.08. The number of ether oxygens (including phenoxy) is 1. The van der Waals surface area contributed by atoms with E-state index in [1.165, 1.54) is 5.56 Å². The Labute approximate surface area is 133 Å². The highest BCUT2D eigenvalue weighted by molar-refractivity contribution is 5.85. The van der Waals surface area contributed by atoms with E-state index in [2.05, 4.69) is 11.4 Å². The molecule has 1 amide bonds. The first kappa shape index (κ1) is 17.8. The minimum Gasteiger partial charge on any atom is -0.484 e. The van der Waals surface area contributed by atoms with Crippen molar-refractivity contribution < 1.29 is 9.53 Å². The molecule has 1 saturated heterocycles. The van der Waals surface area contributed by atoms with E-state index in [-0.39, 0.29) is 24.9 Å². The van der Waals surface area contributed by atoms with Crippen molar-refractivity contribution >= 4 is 18.3 Å². The van der Waals surface area contributed by atoms with Gasteiger partial charge in [0.05, 0.1) is 0 Å². The average molecular weight is 313 g/mol. The van der Waals surface area contributed by atoms with Crippen molar-refractivity contribution in [3.63, 3.8) is 0 Å². The lowest BCUT2D eigenvalue weighted by molar-refractivity contribution is -0.132. The predicted molar refractivity (Wildman–Crippen MR) is 87.3 cm³/mol. The molecule has 1 N–H and O–H groups in total. The summed E-state index contributed by atoms with van der Waals surface area (Å²) in [6, 6.07) is 6.01. The average Bonchev–Trinajstić information content (AvgIpc) is 2.86. The largest absolute Gasteiger partial charge is 0.484 e. The van der Waals surface area contributed by atoms with Gasteiger partial charge in [0.25, 0.3) is 5.91 Å². The number of nitrogens with zero attached hydrogens (tertiary/aromatic N) is 1. The molecule has 4 nitrogen and oxygen atoms in total. The number of hydrogen-bond donors (Lipinski definition) is 1. The lowest BCUT2D eigenvalue weighted by atomic mass is 10.1. The first-order valence-electron chi connectivity index (χ1n) is 7.22. The summed E-state index contributed by atoms with van der Waals surface area (Å²) in [5, 5.41) is 3.17. The Morgan fingerprint density at radius 3 is 2.86 bits per heavy atom. The van der Waals surface area contributed by atoms with Crippen LogP contribution in [0, 0.1) is 19.8 Å². The third-order valence-electron chi connectivity index (χ3n) is 3.81. The molecule has 118 valence electrons. The summed E-state index contributed by atoms with van der Waals surface area (Å²) >= 11 is 0. The van der Waals surface area contributed by atoms with Gasteiger partial charge in [0.1, 0.15) is 5.75 Å². The summed E-state index contributed by atoms with van der Waals surface area (Å²) in [7, 11) is 1.95. The summed E-state index contributed by atoms with van der Waals surface area (Å²) in [6.45, 7) is 6.86. The number of carbonyl (C=O) groups is 1. The maximum absolute atomic E-state index is 12.1. The van der Waals surface area contributed by atoms with E-state index in [1.54, 1.807) is 0 Å². The third-order valence-corrected chi connectivity index (χ3v) is 3.81. The Morgan fingerprint density at radius 2 is 2.19 bits per heavy atom. The topological polar surface area (TPSA) is 41.6 Å². The molecule has 1 heterocycles. The quantitative estimate of drug-likeness (QED) is 0.906. The molecule has 0 spiro atoms. The molecule has 1 fully saturated rings. The van der Waals surface area contributed by atoms with Crippen LogP contribution < -0.4 is 10.1 Å². The van der Waals surface area contributed by atoms with Crippen LogP contribution >= 0.6 is 12.4 Å². The van der Waals surface area contributed by atoms with Crippen LogP contribution in [0.4, 0.5) is 0 Å². The zero-order chi connectivity index (χ0) is 14.5. The molecular formula is C16H25ClN2O2. The predicted octanol–water partition coefficient (Wildman–Crippen LogP) is 2.17. The van der Waals surface area contributed by atoms with Gasteiger partial charge in [0.15, 0.2) is 6.61 Å². The van der Waals surface area contributed by atoms with Crippen molar-refractivity contribution in [2.75, 3.05) is 33.3 Å². The molecule has 21 heavy (non-hydrogen) atoms. The molecule has 2 rings (SSSR count). The van der Waals surface area contributed by atoms with Gasteiger partial charge in [-0.2, -0.15) is 0 Å². The smallest absolute Gasteiger partial charge is 0.260 e. The maximum atomic E-state index is 12.1. The van der Waals surface area contributed by atoms with Crippen LogP contribution in [0.1, 0.15) is 17.5 Å². The minimum absolute atomic E-state index is 0. The molecule has 1 aliphatic rings. The molecular weight excluding hydrogens is 288 g/mol. The normalized spacial score (nSPS) is 17.5. The molecule has 0 saturated carbocycles. The van der Waals surface area contributed by atoms with Crippen LogP contribution in [0.25, 0.3) is 0 Å². The van der Waals surface area contributed by atoms with Gasteiger partial charge in [-0.3, -0.25) is 4.79 Å². The van der Waals surface area contributed by atoms with Gasteiger partial charge >= 0.3 is 0 Å². The van der Waals surface area contributed by atoms with Crippen molar-refractivity contribution in [3.05, 3.63) is 29.3 Å². The standard InChI is InChI=1S/C16H24N2O2.ClH/c1-12-4-5-15(13(2)8-12)20-11-16(19)18-7-6-14(10-18)9-17-3;/h4-5,8,14,17H,6-7,9-11H2,1-3H3;1H. The van der Waals surface area contributed by atoms with Crippen molar-refractivity contribution in [2.45, 2.75) is 20.3 Å². The van der Waals surface area contributed by atoms with Gasteiger partial charge in [-0.05, 0) is 51.4 Å². The number of amides is 1. The van der Waals surface area contributed by atoms with Gasteiger partial charge in [0.2, 0.25) is 0 Å². The van der Waals surface area contributed by atoms with Crippen molar-refractivity contribution in [3.8, 4) is 5.75 Å². The molecule has 1 unspecified atom stereocenters. The van der Waals surface area contributed by atoms with E-state index in [9.17, 15) is 4.79 Å². The van der Waals surface area contributed by atoms with Gasteiger partial charge in [-0.1, -0.05) is 17.7 Å². The molecule has 1 aliphatic heterocycles. The van der Waals surface area contributed by atoms with Crippen molar-refractivity contribution in [1.82, 2.24) is 10.2 Å². The van der Waals surface area contributed by atoms with Crippen LogP contribution in [-0.2, 0) is 4.79 Å². The molecule has 0 radical (unpaired) electrons. The monoisotopic (exact) mass is 312 g/mol. The number of benzene rings is 1. The Balaban J connectivity index is 0.00000220. The van der Waals surface area contributed by atoms with Crippen LogP contribution in [-0.4, -0.2) is 44.1 Å². The fourth-order valence-electron chi connectivity index (χ4n) is 2.71. The van der Waals surface area contributed by atoms with Crippen molar-refractivity contribution in [1.29, 1.82) is 0 Å². The lowest BCUT2D eigenvalue weighted by Crippen LogP contribution is -2.34. The third kappa shape index (κ3) is 4.90. The fraction of sp³-hybridized carbons (Fsp3) is 0.562. The van der Waals surface area contributed by atoms with Crippen LogP contribution in [0.15, 0.2) is 18.2 Å². The Kier molecular flexibility index (Phi) is 6.99. The van der Waals surface area contributed by atoms with Crippen LogP contribution in [0.5, 0.6) is 5.75 Å². The highest BCUT2D eigenvalue weighted by Gasteiger charge is 2.25. The van der Waals surface area contributed by atoms with E-state index in [0.717, 1.165) is 37.4 Å². The number of hydrogen-bond acceptors (Lipinski definition) is 3. The Hall–Kier alpha value is -1.26. The Bertz CT molecular complexity index is 479. The second kappa shape index (κ2) is 8.25. The number of likely N-dealkylation sites (tertiary alicyclic amines) is 1. The number of aryl methyl sites for hydroxylation is 2. The molecule has 1 aromatic carbocycles. The summed E-state index contributed by atoms with van der Waals surface area (Å²) in [5.41, 5.74) is 2.28. The maximum Gasteiger partial charge on any atom is 0.260 e. The summed E-state index contributed by atoms with van der Waals surface area (Å²) in [4.78, 5) is 14.0. The zero-order valence-electron chi connectivity index (χ0n) is 13.0. The lowest BCUT2D eigenvalue weighted by Gasteiger charge is -2.17. The second-order valence-corrected chi connectivity index (χ2v) is 5.61. The fourth-order valence-corrected chi connectivity index (χ4v) is 2.71. The highest BCUT2D eigenvalue weighted by atomic mass is 35.5. The number of rotatable bonds is 5. The first-order valence-corrected chi connectivity index (χ1v) is 7.22. The van der Waals surface area contributed by atoms with Crippen LogP contribution in [0.2, 0.25) is 0 Å². The SMILES string of the molecule is CNCC1CCN(C(=O)COc2ccc(C)cc2C)C1.Cl. The molecule has 0 aliphatic carbocycles.